The van der Waals surface area contributed by atoms with Gasteiger partial charge in [0.2, 0.25) is 25.0 Å². The van der Waals surface area contributed by atoms with Gasteiger partial charge in [-0.2, -0.15) is 0 Å². The SMILES string of the molecule is C[Si](C)(C)OC(=O)/C=C(/CC(=O)O[Si](C)(C)C)O[Si](C)(C)C. The minimum atomic E-state index is -1.97. The Hall–Kier alpha value is -0.869. The van der Waals surface area contributed by atoms with Crippen LogP contribution in [0.2, 0.25) is 58.9 Å². The highest BCUT2D eigenvalue weighted by atomic mass is 28.4. The molecule has 0 radical (unpaired) electrons. The number of carbonyl (C=O) groups is 2. The highest BCUT2D eigenvalue weighted by Gasteiger charge is 2.25. The maximum absolute atomic E-state index is 12.0. The van der Waals surface area contributed by atoms with Crippen LogP contribution < -0.4 is 0 Å². The first-order valence-electron chi connectivity index (χ1n) is 7.42. The van der Waals surface area contributed by atoms with Gasteiger partial charge >= 0.3 is 5.97 Å². The van der Waals surface area contributed by atoms with E-state index in [2.05, 4.69) is 0 Å². The fourth-order valence-electron chi connectivity index (χ4n) is 1.49. The Balaban J connectivity index is 5.06. The van der Waals surface area contributed by atoms with Crippen LogP contribution in [0.25, 0.3) is 0 Å². The lowest BCUT2D eigenvalue weighted by Crippen LogP contribution is -2.32. The van der Waals surface area contributed by atoms with Gasteiger partial charge in [0.15, 0.2) is 0 Å². The zero-order valence-corrected chi connectivity index (χ0v) is 18.3. The van der Waals surface area contributed by atoms with Crippen LogP contribution in [0, 0.1) is 0 Å². The van der Waals surface area contributed by atoms with Gasteiger partial charge in [-0.15, -0.1) is 0 Å². The molecule has 0 aromatic rings. The van der Waals surface area contributed by atoms with E-state index in [1.54, 1.807) is 0 Å². The highest BCUT2D eigenvalue weighted by Crippen LogP contribution is 2.17. The minimum Gasteiger partial charge on any atom is -0.547 e. The average molecular weight is 363 g/mol. The standard InChI is InChI=1S/C14H30O5Si3/c1-20(2,3)17-12(10-13(15)18-21(4,5)6)11-14(16)19-22(7,8)9/h10H,11H2,1-9H3/b12-10-. The van der Waals surface area contributed by atoms with Crippen LogP contribution in [-0.4, -0.2) is 36.9 Å². The Morgan fingerprint density at radius 1 is 0.727 bits per heavy atom. The molecule has 0 aliphatic rings. The first kappa shape index (κ1) is 21.1. The van der Waals surface area contributed by atoms with Crippen molar-refractivity contribution in [2.75, 3.05) is 0 Å². The topological polar surface area (TPSA) is 61.8 Å². The van der Waals surface area contributed by atoms with Gasteiger partial charge in [0, 0.05) is 0 Å². The normalized spacial score (nSPS) is 13.6. The quantitative estimate of drug-likeness (QED) is 0.391. The highest BCUT2D eigenvalue weighted by molar-refractivity contribution is 6.72. The molecule has 0 fully saturated rings. The molecule has 0 aliphatic carbocycles. The Morgan fingerprint density at radius 3 is 1.50 bits per heavy atom. The summed E-state index contributed by atoms with van der Waals surface area (Å²) in [5, 5.41) is 0. The van der Waals surface area contributed by atoms with Crippen molar-refractivity contribution in [3.05, 3.63) is 11.8 Å². The smallest absolute Gasteiger partial charge is 0.320 e. The van der Waals surface area contributed by atoms with E-state index in [0.29, 0.717) is 5.76 Å². The summed E-state index contributed by atoms with van der Waals surface area (Å²) in [6.45, 7) is 17.6. The molecule has 0 bridgehead atoms. The molecule has 8 heteroatoms. The molecule has 5 nitrogen and oxygen atoms in total. The number of hydrogen-bond acceptors (Lipinski definition) is 5. The van der Waals surface area contributed by atoms with Crippen LogP contribution in [0.15, 0.2) is 11.8 Å². The predicted octanol–water partition coefficient (Wildman–Crippen LogP) is 3.87. The predicted molar refractivity (Wildman–Crippen MR) is 96.0 cm³/mol. The van der Waals surface area contributed by atoms with E-state index in [1.165, 1.54) is 6.08 Å². The largest absolute Gasteiger partial charge is 0.547 e. The Labute approximate surface area is 137 Å². The van der Waals surface area contributed by atoms with E-state index in [1.807, 2.05) is 58.9 Å². The Kier molecular flexibility index (Phi) is 7.30. The van der Waals surface area contributed by atoms with E-state index < -0.39 is 30.9 Å². The maximum atomic E-state index is 12.0. The fraction of sp³-hybridized carbons (Fsp3) is 0.714. The molecule has 0 aromatic carbocycles. The van der Waals surface area contributed by atoms with Crippen molar-refractivity contribution in [1.82, 2.24) is 0 Å². The molecule has 128 valence electrons. The van der Waals surface area contributed by atoms with E-state index in [0.717, 1.165) is 0 Å². The van der Waals surface area contributed by atoms with Gasteiger partial charge in [-0.1, -0.05) is 0 Å². The molecule has 0 saturated carbocycles. The molecule has 22 heavy (non-hydrogen) atoms. The summed E-state index contributed by atoms with van der Waals surface area (Å²) in [5.74, 6) is -0.469. The summed E-state index contributed by atoms with van der Waals surface area (Å²) in [7, 11) is -5.86. The van der Waals surface area contributed by atoms with Crippen molar-refractivity contribution < 1.29 is 22.9 Å². The van der Waals surface area contributed by atoms with E-state index in [4.69, 9.17) is 13.3 Å². The zero-order valence-electron chi connectivity index (χ0n) is 15.3. The lowest BCUT2D eigenvalue weighted by atomic mass is 10.3. The second-order valence-corrected chi connectivity index (χ2v) is 21.4. The van der Waals surface area contributed by atoms with Crippen LogP contribution in [0.5, 0.6) is 0 Å². The maximum Gasteiger partial charge on any atom is 0.320 e. The minimum absolute atomic E-state index is 0.0324. The first-order valence-corrected chi connectivity index (χ1v) is 17.6. The fourth-order valence-corrected chi connectivity index (χ4v) is 3.83. The van der Waals surface area contributed by atoms with Gasteiger partial charge in [0.25, 0.3) is 5.97 Å². The molecule has 0 spiro atoms. The van der Waals surface area contributed by atoms with Crippen molar-refractivity contribution in [3.63, 3.8) is 0 Å². The van der Waals surface area contributed by atoms with Gasteiger partial charge in [0.1, 0.15) is 6.42 Å². The summed E-state index contributed by atoms with van der Waals surface area (Å²) >= 11 is 0. The third-order valence-electron chi connectivity index (χ3n) is 1.86. The van der Waals surface area contributed by atoms with Gasteiger partial charge in [-0.05, 0) is 58.9 Å². The van der Waals surface area contributed by atoms with Crippen molar-refractivity contribution in [3.8, 4) is 0 Å². The monoisotopic (exact) mass is 362 g/mol. The summed E-state index contributed by atoms with van der Waals surface area (Å²) in [4.78, 5) is 23.9. The molecule has 0 aromatic heterocycles. The summed E-state index contributed by atoms with van der Waals surface area (Å²) in [5.41, 5.74) is 0. The molecule has 0 saturated heterocycles. The van der Waals surface area contributed by atoms with E-state index >= 15 is 0 Å². The van der Waals surface area contributed by atoms with Gasteiger partial charge < -0.3 is 13.3 Å². The van der Waals surface area contributed by atoms with Crippen LogP contribution in [0.4, 0.5) is 0 Å². The van der Waals surface area contributed by atoms with E-state index in [-0.39, 0.29) is 12.4 Å². The molecule has 0 amide bonds. The molecule has 0 rings (SSSR count). The van der Waals surface area contributed by atoms with Crippen LogP contribution in [-0.2, 0) is 22.9 Å². The molecule has 0 unspecified atom stereocenters. The van der Waals surface area contributed by atoms with Crippen LogP contribution in [0.1, 0.15) is 6.42 Å². The number of rotatable bonds is 7. The second kappa shape index (κ2) is 7.60. The van der Waals surface area contributed by atoms with Gasteiger partial charge in [-0.3, -0.25) is 4.79 Å². The molecule has 0 heterocycles. The van der Waals surface area contributed by atoms with Crippen molar-refractivity contribution >= 4 is 36.9 Å². The van der Waals surface area contributed by atoms with Crippen molar-refractivity contribution in [1.29, 1.82) is 0 Å². The molecular weight excluding hydrogens is 332 g/mol. The summed E-state index contributed by atoms with van der Waals surface area (Å²) in [6, 6.07) is 0. The van der Waals surface area contributed by atoms with Gasteiger partial charge in [0.05, 0.1) is 11.8 Å². The summed E-state index contributed by atoms with van der Waals surface area (Å²) < 4.78 is 16.6. The number of carbonyl (C=O) groups excluding carboxylic acids is 2. The molecule has 0 aliphatic heterocycles. The van der Waals surface area contributed by atoms with Crippen LogP contribution in [0.3, 0.4) is 0 Å². The zero-order chi connectivity index (χ0) is 17.8. The molecule has 0 atom stereocenters. The Morgan fingerprint density at radius 2 is 1.14 bits per heavy atom. The third-order valence-corrected chi connectivity index (χ3v) is 4.39. The van der Waals surface area contributed by atoms with E-state index in [9.17, 15) is 9.59 Å². The van der Waals surface area contributed by atoms with Crippen LogP contribution >= 0.6 is 0 Å². The average Bonchev–Trinajstić information content (AvgIpc) is 2.05. The molecule has 0 N–H and O–H groups in total. The van der Waals surface area contributed by atoms with Gasteiger partial charge in [-0.25, -0.2) is 4.79 Å². The molecular formula is C14H30O5Si3. The first-order chi connectivity index (χ1) is 9.57. The lowest BCUT2D eigenvalue weighted by molar-refractivity contribution is -0.134. The van der Waals surface area contributed by atoms with Crippen molar-refractivity contribution in [2.45, 2.75) is 65.3 Å². The summed E-state index contributed by atoms with van der Waals surface area (Å²) in [6.07, 6.45) is 1.26. The Bertz CT molecular complexity index is 439. The second-order valence-electron chi connectivity index (χ2n) is 8.12. The third kappa shape index (κ3) is 12.8. The van der Waals surface area contributed by atoms with Crippen molar-refractivity contribution in [2.24, 2.45) is 0 Å². The lowest BCUT2D eigenvalue weighted by Gasteiger charge is -2.23. The number of hydrogen-bond donors (Lipinski definition) is 0.